The number of carbonyl (C=O) groups excluding carboxylic acids is 1. The van der Waals surface area contributed by atoms with Crippen LogP contribution in [-0.2, 0) is 0 Å². The summed E-state index contributed by atoms with van der Waals surface area (Å²) in [6.07, 6.45) is 1.26. The number of fused-ring (bicyclic) bond motifs is 1. The maximum absolute atomic E-state index is 12.8. The summed E-state index contributed by atoms with van der Waals surface area (Å²) < 4.78 is 16.7. The zero-order valence-electron chi connectivity index (χ0n) is 16.3. The number of rotatable bonds is 4. The first kappa shape index (κ1) is 19.7. The van der Waals surface area contributed by atoms with Crippen LogP contribution in [0.1, 0.15) is 21.5 Å². The topological polar surface area (TPSA) is 65.7 Å². The zero-order valence-corrected chi connectivity index (χ0v) is 17.0. The van der Waals surface area contributed by atoms with Crippen LogP contribution in [-0.4, -0.2) is 5.97 Å². The average Bonchev–Trinajstić information content (AvgIpc) is 2.70. The van der Waals surface area contributed by atoms with Crippen molar-refractivity contribution in [3.8, 4) is 17.2 Å². The summed E-state index contributed by atoms with van der Waals surface area (Å²) in [6, 6.07) is 16.6. The van der Waals surface area contributed by atoms with Crippen LogP contribution in [0.3, 0.4) is 0 Å². The third kappa shape index (κ3) is 4.21. The van der Waals surface area contributed by atoms with Crippen LogP contribution in [0.25, 0.3) is 11.0 Å². The molecule has 30 heavy (non-hydrogen) atoms. The monoisotopic (exact) mass is 420 g/mol. The number of halogens is 1. The van der Waals surface area contributed by atoms with Gasteiger partial charge in [-0.2, -0.15) is 0 Å². The highest BCUT2D eigenvalue weighted by Gasteiger charge is 2.13. The number of hydrogen-bond donors (Lipinski definition) is 0. The normalized spacial score (nSPS) is 10.8. The maximum Gasteiger partial charge on any atom is 0.343 e. The molecule has 0 amide bonds. The summed E-state index contributed by atoms with van der Waals surface area (Å²) in [7, 11) is 0. The van der Waals surface area contributed by atoms with Crippen LogP contribution in [0.15, 0.2) is 76.1 Å². The minimum atomic E-state index is -0.539. The number of aryl methyl sites for hydroxylation is 2. The lowest BCUT2D eigenvalue weighted by Gasteiger charge is -2.08. The molecular formula is C24H17ClO5. The second-order valence-electron chi connectivity index (χ2n) is 6.91. The standard InChI is InChI=1S/C24H17ClO5/c1-14-9-15(2)11-19(10-14)29-22-13-28-21-12-18(7-8-20(21)23(22)26)30-24(27)16-3-5-17(25)6-4-16/h3-13H,1-2H3. The van der Waals surface area contributed by atoms with Crippen LogP contribution in [0.2, 0.25) is 5.02 Å². The van der Waals surface area contributed by atoms with Crippen molar-refractivity contribution in [2.75, 3.05) is 0 Å². The lowest BCUT2D eigenvalue weighted by molar-refractivity contribution is 0.0735. The van der Waals surface area contributed by atoms with Crippen molar-refractivity contribution < 1.29 is 18.7 Å². The molecule has 0 atom stereocenters. The van der Waals surface area contributed by atoms with Crippen LogP contribution in [0.4, 0.5) is 0 Å². The molecule has 0 bridgehead atoms. The fraction of sp³-hybridized carbons (Fsp3) is 0.0833. The summed E-state index contributed by atoms with van der Waals surface area (Å²) >= 11 is 5.83. The third-order valence-corrected chi connectivity index (χ3v) is 4.68. The maximum atomic E-state index is 12.8. The first-order chi connectivity index (χ1) is 14.4. The van der Waals surface area contributed by atoms with Gasteiger partial charge in [-0.1, -0.05) is 17.7 Å². The molecule has 5 nitrogen and oxygen atoms in total. The van der Waals surface area contributed by atoms with E-state index in [4.69, 9.17) is 25.5 Å². The van der Waals surface area contributed by atoms with Gasteiger partial charge in [0.2, 0.25) is 11.2 Å². The van der Waals surface area contributed by atoms with Crippen molar-refractivity contribution in [2.24, 2.45) is 0 Å². The molecule has 0 spiro atoms. The molecule has 0 saturated heterocycles. The summed E-state index contributed by atoms with van der Waals surface area (Å²) in [5.41, 5.74) is 2.39. The van der Waals surface area contributed by atoms with Crippen molar-refractivity contribution in [3.63, 3.8) is 0 Å². The summed E-state index contributed by atoms with van der Waals surface area (Å²) in [5.74, 6) is 0.364. The average molecular weight is 421 g/mol. The molecule has 150 valence electrons. The van der Waals surface area contributed by atoms with Crippen LogP contribution in [0.5, 0.6) is 17.2 Å². The van der Waals surface area contributed by atoms with E-state index in [0.29, 0.717) is 21.7 Å². The molecule has 0 aliphatic carbocycles. The van der Waals surface area contributed by atoms with E-state index in [1.54, 1.807) is 30.3 Å². The Labute approximate surface area is 177 Å². The molecule has 6 heteroatoms. The van der Waals surface area contributed by atoms with E-state index in [9.17, 15) is 9.59 Å². The third-order valence-electron chi connectivity index (χ3n) is 4.43. The first-order valence-corrected chi connectivity index (χ1v) is 9.56. The van der Waals surface area contributed by atoms with Crippen molar-refractivity contribution in [2.45, 2.75) is 13.8 Å². The van der Waals surface area contributed by atoms with Gasteiger partial charge in [0.05, 0.1) is 10.9 Å². The Morgan fingerprint density at radius 3 is 2.30 bits per heavy atom. The molecular weight excluding hydrogens is 404 g/mol. The van der Waals surface area contributed by atoms with Crippen molar-refractivity contribution in [1.82, 2.24) is 0 Å². The Morgan fingerprint density at radius 2 is 1.60 bits per heavy atom. The lowest BCUT2D eigenvalue weighted by atomic mass is 10.1. The lowest BCUT2D eigenvalue weighted by Crippen LogP contribution is -2.09. The Kier molecular flexibility index (Phi) is 5.29. The van der Waals surface area contributed by atoms with Gasteiger partial charge >= 0.3 is 5.97 Å². The predicted molar refractivity (Wildman–Crippen MR) is 115 cm³/mol. The number of carbonyl (C=O) groups is 1. The highest BCUT2D eigenvalue weighted by molar-refractivity contribution is 6.30. The summed E-state index contributed by atoms with van der Waals surface area (Å²) in [5, 5.41) is 0.848. The number of ether oxygens (including phenoxy) is 2. The molecule has 3 aromatic carbocycles. The number of esters is 1. The molecule has 0 unspecified atom stereocenters. The van der Waals surface area contributed by atoms with E-state index >= 15 is 0 Å². The largest absolute Gasteiger partial charge is 0.460 e. The summed E-state index contributed by atoms with van der Waals surface area (Å²) in [6.45, 7) is 3.91. The van der Waals surface area contributed by atoms with Gasteiger partial charge < -0.3 is 13.9 Å². The van der Waals surface area contributed by atoms with Gasteiger partial charge in [0.1, 0.15) is 23.3 Å². The molecule has 1 aromatic heterocycles. The van der Waals surface area contributed by atoms with E-state index in [0.717, 1.165) is 11.1 Å². The molecule has 4 rings (SSSR count). The van der Waals surface area contributed by atoms with E-state index in [-0.39, 0.29) is 22.5 Å². The molecule has 1 heterocycles. The molecule has 0 N–H and O–H groups in total. The van der Waals surface area contributed by atoms with Crippen molar-refractivity contribution in [1.29, 1.82) is 0 Å². The minimum absolute atomic E-state index is 0.0819. The Balaban J connectivity index is 1.60. The molecule has 0 aliphatic rings. The van der Waals surface area contributed by atoms with Gasteiger partial charge in [0, 0.05) is 11.1 Å². The molecule has 4 aromatic rings. The van der Waals surface area contributed by atoms with Crippen LogP contribution < -0.4 is 14.9 Å². The second kappa shape index (κ2) is 8.05. The Morgan fingerprint density at radius 1 is 0.900 bits per heavy atom. The molecule has 0 fully saturated rings. The van der Waals surface area contributed by atoms with Gasteiger partial charge in [-0.3, -0.25) is 4.79 Å². The second-order valence-corrected chi connectivity index (χ2v) is 7.35. The molecule has 0 saturated carbocycles. The summed E-state index contributed by atoms with van der Waals surface area (Å²) in [4.78, 5) is 25.0. The highest BCUT2D eigenvalue weighted by Crippen LogP contribution is 2.26. The van der Waals surface area contributed by atoms with Crippen LogP contribution >= 0.6 is 11.6 Å². The number of hydrogen-bond acceptors (Lipinski definition) is 5. The van der Waals surface area contributed by atoms with Crippen LogP contribution in [0, 0.1) is 13.8 Å². The first-order valence-electron chi connectivity index (χ1n) is 9.18. The molecule has 0 aliphatic heterocycles. The van der Waals surface area contributed by atoms with E-state index < -0.39 is 5.97 Å². The van der Waals surface area contributed by atoms with E-state index in [1.165, 1.54) is 18.4 Å². The minimum Gasteiger partial charge on any atom is -0.460 e. The fourth-order valence-electron chi connectivity index (χ4n) is 3.10. The number of benzene rings is 3. The van der Waals surface area contributed by atoms with Gasteiger partial charge in [0.25, 0.3) is 0 Å². The SMILES string of the molecule is Cc1cc(C)cc(Oc2coc3cc(OC(=O)c4ccc(Cl)cc4)ccc3c2=O)c1. The quantitative estimate of drug-likeness (QED) is 0.296. The molecule has 0 radical (unpaired) electrons. The van der Waals surface area contributed by atoms with Gasteiger partial charge in [-0.05, 0) is 73.5 Å². The van der Waals surface area contributed by atoms with Crippen molar-refractivity contribution in [3.05, 3.63) is 98.9 Å². The fourth-order valence-corrected chi connectivity index (χ4v) is 3.22. The predicted octanol–water partition coefficient (Wildman–Crippen LogP) is 6.07. The Hall–Kier alpha value is -3.57. The highest BCUT2D eigenvalue weighted by atomic mass is 35.5. The zero-order chi connectivity index (χ0) is 21.3. The van der Waals surface area contributed by atoms with Gasteiger partial charge in [0.15, 0.2) is 0 Å². The van der Waals surface area contributed by atoms with Crippen molar-refractivity contribution >= 4 is 28.5 Å². The van der Waals surface area contributed by atoms with Gasteiger partial charge in [-0.15, -0.1) is 0 Å². The Bertz CT molecular complexity index is 1290. The van der Waals surface area contributed by atoms with Gasteiger partial charge in [-0.25, -0.2) is 4.79 Å². The van der Waals surface area contributed by atoms with E-state index in [2.05, 4.69) is 0 Å². The smallest absolute Gasteiger partial charge is 0.343 e. The van der Waals surface area contributed by atoms with E-state index in [1.807, 2.05) is 32.0 Å².